The number of carbonyl (C=O) groups is 1. The van der Waals surface area contributed by atoms with Gasteiger partial charge in [-0.05, 0) is 74.7 Å². The number of rotatable bonds is 5. The van der Waals surface area contributed by atoms with Gasteiger partial charge in [-0.15, -0.1) is 0 Å². The number of hydrogen-bond donors (Lipinski definition) is 1. The zero-order valence-electron chi connectivity index (χ0n) is 21.0. The van der Waals surface area contributed by atoms with Crippen LogP contribution in [0.2, 0.25) is 0 Å². The number of aryl methyl sites for hydroxylation is 1. The summed E-state index contributed by atoms with van der Waals surface area (Å²) in [5, 5.41) is 3.23. The second-order valence-electron chi connectivity index (χ2n) is 9.83. The Morgan fingerprint density at radius 2 is 1.78 bits per heavy atom. The number of methoxy groups -OCH3 is 1. The monoisotopic (exact) mass is 526 g/mol. The van der Waals surface area contributed by atoms with Crippen LogP contribution in [0.25, 0.3) is 11.0 Å². The van der Waals surface area contributed by atoms with E-state index >= 15 is 0 Å². The zero-order chi connectivity index (χ0) is 26.1. The predicted octanol–water partition coefficient (Wildman–Crippen LogP) is 4.00. The Labute approximate surface area is 218 Å². The topological polar surface area (TPSA) is 95.2 Å². The van der Waals surface area contributed by atoms with Crippen molar-refractivity contribution < 1.29 is 13.9 Å². The quantitative estimate of drug-likeness (QED) is 0.540. The minimum absolute atomic E-state index is 0.0685. The molecule has 1 N–H and O–H groups in total. The van der Waals surface area contributed by atoms with Gasteiger partial charge in [0.1, 0.15) is 17.2 Å². The third kappa shape index (κ3) is 4.91. The van der Waals surface area contributed by atoms with Crippen molar-refractivity contribution in [2.45, 2.75) is 63.6 Å². The van der Waals surface area contributed by atoms with E-state index in [1.165, 1.54) is 10.6 Å². The second-order valence-corrected chi connectivity index (χ2v) is 11.1. The highest BCUT2D eigenvalue weighted by atomic mass is 32.2. The van der Waals surface area contributed by atoms with Crippen LogP contribution in [-0.2, 0) is 0 Å². The maximum Gasteiger partial charge on any atom is 0.333 e. The summed E-state index contributed by atoms with van der Waals surface area (Å²) in [4.78, 5) is 44.3. The molecule has 37 heavy (non-hydrogen) atoms. The lowest BCUT2D eigenvalue weighted by molar-refractivity contribution is 0.0918. The molecule has 2 aromatic heterocycles. The summed E-state index contributed by atoms with van der Waals surface area (Å²) < 4.78 is 22.5. The molecule has 3 heterocycles. The summed E-state index contributed by atoms with van der Waals surface area (Å²) in [6.45, 7) is 1.89. The summed E-state index contributed by atoms with van der Waals surface area (Å²) >= 11 is 1.84. The Balaban J connectivity index is 1.41. The van der Waals surface area contributed by atoms with E-state index < -0.39 is 11.4 Å². The molecule has 0 radical (unpaired) electrons. The summed E-state index contributed by atoms with van der Waals surface area (Å²) in [5.74, 6) is 1.61. The first-order valence-electron chi connectivity index (χ1n) is 12.7. The van der Waals surface area contributed by atoms with Crippen molar-refractivity contribution in [1.29, 1.82) is 0 Å². The molecule has 1 amide bonds. The van der Waals surface area contributed by atoms with E-state index in [1.54, 1.807) is 17.7 Å². The number of carbonyl (C=O) groups excluding carboxylic acids is 1. The molecule has 0 atom stereocenters. The Hall–Kier alpha value is -3.14. The number of amides is 1. The highest BCUT2D eigenvalue weighted by Crippen LogP contribution is 2.31. The number of ether oxygens (including phenoxy) is 1. The SMILES string of the molecule is COc1c(C)cccc1C(=O)NC1CCC(n2c(=O)c3cc(F)cnc3n(C3CCSCC3)c2=O)CC1. The van der Waals surface area contributed by atoms with Crippen LogP contribution in [0.5, 0.6) is 5.75 Å². The molecular formula is C27H31FN4O4S. The molecule has 0 unspecified atom stereocenters. The van der Waals surface area contributed by atoms with Gasteiger partial charge in [0.15, 0.2) is 0 Å². The van der Waals surface area contributed by atoms with Crippen molar-refractivity contribution in [2.75, 3.05) is 18.6 Å². The van der Waals surface area contributed by atoms with Crippen molar-refractivity contribution in [1.82, 2.24) is 19.4 Å². The molecule has 3 aromatic rings. The fourth-order valence-electron chi connectivity index (χ4n) is 5.64. The van der Waals surface area contributed by atoms with Crippen LogP contribution >= 0.6 is 11.8 Å². The van der Waals surface area contributed by atoms with Crippen LogP contribution in [0.3, 0.4) is 0 Å². The van der Waals surface area contributed by atoms with E-state index in [1.807, 2.05) is 30.8 Å². The lowest BCUT2D eigenvalue weighted by Crippen LogP contribution is -2.46. The van der Waals surface area contributed by atoms with Crippen LogP contribution in [0.15, 0.2) is 40.1 Å². The van der Waals surface area contributed by atoms with Gasteiger partial charge < -0.3 is 10.1 Å². The molecule has 196 valence electrons. The number of benzene rings is 1. The highest BCUT2D eigenvalue weighted by molar-refractivity contribution is 7.99. The van der Waals surface area contributed by atoms with E-state index in [4.69, 9.17) is 4.74 Å². The number of thioether (sulfide) groups is 1. The molecule has 0 bridgehead atoms. The highest BCUT2D eigenvalue weighted by Gasteiger charge is 2.30. The summed E-state index contributed by atoms with van der Waals surface area (Å²) in [6, 6.07) is 6.17. The molecule has 1 aliphatic carbocycles. The molecule has 1 saturated carbocycles. The summed E-state index contributed by atoms with van der Waals surface area (Å²) in [6.07, 6.45) is 5.03. The Kier molecular flexibility index (Phi) is 7.37. The smallest absolute Gasteiger partial charge is 0.333 e. The van der Waals surface area contributed by atoms with E-state index in [2.05, 4.69) is 10.3 Å². The lowest BCUT2D eigenvalue weighted by atomic mass is 9.90. The lowest BCUT2D eigenvalue weighted by Gasteiger charge is -2.31. The number of fused-ring (bicyclic) bond motifs is 1. The first-order chi connectivity index (χ1) is 17.9. The Morgan fingerprint density at radius 1 is 1.08 bits per heavy atom. The van der Waals surface area contributed by atoms with Crippen molar-refractivity contribution in [2.24, 2.45) is 0 Å². The fourth-order valence-corrected chi connectivity index (χ4v) is 6.72. The van der Waals surface area contributed by atoms with Crippen molar-refractivity contribution in [3.63, 3.8) is 0 Å². The standard InChI is InChI=1S/C27H31FN4O4S/c1-16-4-3-5-21(23(16)36-2)25(33)30-18-6-8-19(9-7-18)32-26(34)22-14-17(28)15-29-24(22)31(27(32)35)20-10-12-37-13-11-20/h3-5,14-15,18-20H,6-13H2,1-2H3,(H,30,33). The predicted molar refractivity (Wildman–Crippen MR) is 142 cm³/mol. The summed E-state index contributed by atoms with van der Waals surface area (Å²) in [7, 11) is 1.55. The molecule has 10 heteroatoms. The van der Waals surface area contributed by atoms with Gasteiger partial charge in [0, 0.05) is 18.1 Å². The van der Waals surface area contributed by atoms with Gasteiger partial charge in [-0.25, -0.2) is 14.2 Å². The third-order valence-electron chi connectivity index (χ3n) is 7.54. The van der Waals surface area contributed by atoms with Gasteiger partial charge in [0.05, 0.1) is 24.3 Å². The van der Waals surface area contributed by atoms with E-state index in [0.29, 0.717) is 37.0 Å². The third-order valence-corrected chi connectivity index (χ3v) is 8.59. The van der Waals surface area contributed by atoms with Gasteiger partial charge >= 0.3 is 5.69 Å². The number of nitrogens with zero attached hydrogens (tertiary/aromatic N) is 3. The molecule has 5 rings (SSSR count). The first-order valence-corrected chi connectivity index (χ1v) is 13.9. The molecule has 0 spiro atoms. The van der Waals surface area contributed by atoms with Gasteiger partial charge in [-0.1, -0.05) is 12.1 Å². The van der Waals surface area contributed by atoms with Crippen LogP contribution in [-0.4, -0.2) is 44.7 Å². The molecule has 2 fully saturated rings. The largest absolute Gasteiger partial charge is 0.496 e. The number of aromatic nitrogens is 3. The molecule has 1 aromatic carbocycles. The molecule has 2 aliphatic rings. The molecular weight excluding hydrogens is 495 g/mol. The Bertz CT molecular complexity index is 1440. The van der Waals surface area contributed by atoms with Crippen molar-refractivity contribution in [3.05, 3.63) is 68.2 Å². The number of hydrogen-bond acceptors (Lipinski definition) is 6. The Morgan fingerprint density at radius 3 is 2.49 bits per heavy atom. The van der Waals surface area contributed by atoms with Crippen molar-refractivity contribution >= 4 is 28.7 Å². The van der Waals surface area contributed by atoms with Crippen LogP contribution in [0, 0.1) is 12.7 Å². The van der Waals surface area contributed by atoms with Gasteiger partial charge in [-0.2, -0.15) is 11.8 Å². The van der Waals surface area contributed by atoms with Crippen LogP contribution in [0.1, 0.15) is 66.5 Å². The number of para-hydroxylation sites is 1. The van der Waals surface area contributed by atoms with Gasteiger partial charge in [0.2, 0.25) is 0 Å². The minimum atomic E-state index is -0.599. The van der Waals surface area contributed by atoms with Gasteiger partial charge in [0.25, 0.3) is 11.5 Å². The van der Waals surface area contributed by atoms with E-state index in [-0.39, 0.29) is 40.8 Å². The van der Waals surface area contributed by atoms with Crippen LogP contribution < -0.4 is 21.3 Å². The average Bonchev–Trinajstić information content (AvgIpc) is 2.90. The van der Waals surface area contributed by atoms with Crippen LogP contribution in [0.4, 0.5) is 4.39 Å². The number of halogens is 1. The second kappa shape index (κ2) is 10.7. The fraction of sp³-hybridized carbons (Fsp3) is 0.481. The van der Waals surface area contributed by atoms with Crippen molar-refractivity contribution in [3.8, 4) is 5.75 Å². The molecule has 8 nitrogen and oxygen atoms in total. The maximum atomic E-state index is 14.1. The van der Waals surface area contributed by atoms with E-state index in [9.17, 15) is 18.8 Å². The maximum absolute atomic E-state index is 14.1. The average molecular weight is 527 g/mol. The minimum Gasteiger partial charge on any atom is -0.496 e. The zero-order valence-corrected chi connectivity index (χ0v) is 21.9. The van der Waals surface area contributed by atoms with Gasteiger partial charge in [-0.3, -0.25) is 18.7 Å². The normalized spacial score (nSPS) is 20.6. The number of nitrogens with one attached hydrogen (secondary N) is 1. The number of pyridine rings is 1. The summed E-state index contributed by atoms with van der Waals surface area (Å²) in [5.41, 5.74) is 0.764. The molecule has 1 saturated heterocycles. The first kappa shape index (κ1) is 25.5. The van der Waals surface area contributed by atoms with E-state index in [0.717, 1.165) is 36.1 Å². The molecule has 1 aliphatic heterocycles.